The second-order valence-corrected chi connectivity index (χ2v) is 6.22. The molecule has 0 radical (unpaired) electrons. The number of hydrogen-bond acceptors (Lipinski definition) is 1. The Balaban J connectivity index is 1.78. The summed E-state index contributed by atoms with van der Waals surface area (Å²) < 4.78 is 4.49. The van der Waals surface area contributed by atoms with Crippen LogP contribution in [-0.2, 0) is 6.54 Å². The fraction of sp³-hybridized carbons (Fsp3) is 0.0455. The van der Waals surface area contributed by atoms with Gasteiger partial charge in [0.25, 0.3) is 0 Å². The highest BCUT2D eigenvalue weighted by atomic mass is 15.2. The Morgan fingerprint density at radius 1 is 0.720 bits per heavy atom. The van der Waals surface area contributed by atoms with Crippen LogP contribution in [0.3, 0.4) is 0 Å². The second-order valence-electron chi connectivity index (χ2n) is 6.22. The SMILES string of the molecule is c1ccc(Cn2c(-c3ccccc3)cn3c4ccccc4nc23)cc1. The lowest BCUT2D eigenvalue weighted by Crippen LogP contribution is -2.02. The molecule has 3 aromatic carbocycles. The average molecular weight is 323 g/mol. The second kappa shape index (κ2) is 5.64. The summed E-state index contributed by atoms with van der Waals surface area (Å²) in [6.07, 6.45) is 2.20. The lowest BCUT2D eigenvalue weighted by molar-refractivity contribution is 0.827. The van der Waals surface area contributed by atoms with Crippen molar-refractivity contribution < 1.29 is 0 Å². The molecule has 120 valence electrons. The van der Waals surface area contributed by atoms with Gasteiger partial charge in [0.2, 0.25) is 5.78 Å². The number of benzene rings is 3. The maximum absolute atomic E-state index is 4.88. The molecular weight excluding hydrogens is 306 g/mol. The molecule has 0 aliphatic rings. The summed E-state index contributed by atoms with van der Waals surface area (Å²) in [6.45, 7) is 0.797. The molecule has 25 heavy (non-hydrogen) atoms. The van der Waals surface area contributed by atoms with Crippen LogP contribution < -0.4 is 0 Å². The molecule has 0 fully saturated rings. The van der Waals surface area contributed by atoms with Crippen LogP contribution in [0.15, 0.2) is 91.1 Å². The molecule has 0 aliphatic heterocycles. The van der Waals surface area contributed by atoms with Gasteiger partial charge < -0.3 is 4.57 Å². The van der Waals surface area contributed by atoms with Gasteiger partial charge in [-0.15, -0.1) is 0 Å². The monoisotopic (exact) mass is 323 g/mol. The van der Waals surface area contributed by atoms with Crippen LogP contribution in [-0.4, -0.2) is 14.0 Å². The van der Waals surface area contributed by atoms with Crippen molar-refractivity contribution in [2.45, 2.75) is 6.54 Å². The molecule has 0 saturated heterocycles. The summed E-state index contributed by atoms with van der Waals surface area (Å²) in [5.74, 6) is 0.976. The van der Waals surface area contributed by atoms with Crippen molar-refractivity contribution in [3.63, 3.8) is 0 Å². The van der Waals surface area contributed by atoms with Crippen molar-refractivity contribution in [3.05, 3.63) is 96.7 Å². The van der Waals surface area contributed by atoms with Crippen LogP contribution in [0.5, 0.6) is 0 Å². The first-order valence-corrected chi connectivity index (χ1v) is 8.46. The number of rotatable bonds is 3. The fourth-order valence-corrected chi connectivity index (χ4v) is 3.41. The summed E-state index contributed by atoms with van der Waals surface area (Å²) in [5, 5.41) is 0. The molecule has 0 unspecified atom stereocenters. The van der Waals surface area contributed by atoms with Gasteiger partial charge in [-0.3, -0.25) is 4.40 Å². The predicted octanol–water partition coefficient (Wildman–Crippen LogP) is 5.00. The number of fused-ring (bicyclic) bond motifs is 3. The molecule has 0 N–H and O–H groups in total. The van der Waals surface area contributed by atoms with Crippen LogP contribution in [0.1, 0.15) is 5.56 Å². The molecule has 3 heteroatoms. The topological polar surface area (TPSA) is 22.2 Å². The van der Waals surface area contributed by atoms with Crippen molar-refractivity contribution in [3.8, 4) is 11.3 Å². The van der Waals surface area contributed by atoms with Gasteiger partial charge >= 0.3 is 0 Å². The van der Waals surface area contributed by atoms with Gasteiger partial charge in [-0.2, -0.15) is 0 Å². The van der Waals surface area contributed by atoms with Crippen LogP contribution in [0.2, 0.25) is 0 Å². The molecule has 0 atom stereocenters. The van der Waals surface area contributed by atoms with Gasteiger partial charge in [-0.25, -0.2) is 4.98 Å². The third-order valence-electron chi connectivity index (χ3n) is 4.61. The van der Waals surface area contributed by atoms with Crippen molar-refractivity contribution in [1.82, 2.24) is 14.0 Å². The normalized spacial score (nSPS) is 11.4. The zero-order valence-corrected chi connectivity index (χ0v) is 13.7. The Kier molecular flexibility index (Phi) is 3.17. The van der Waals surface area contributed by atoms with E-state index in [1.54, 1.807) is 0 Å². The zero-order valence-electron chi connectivity index (χ0n) is 13.7. The molecule has 0 amide bonds. The van der Waals surface area contributed by atoms with Crippen LogP contribution in [0.25, 0.3) is 28.1 Å². The molecule has 2 heterocycles. The minimum Gasteiger partial charge on any atom is -0.305 e. The van der Waals surface area contributed by atoms with Gasteiger partial charge in [0, 0.05) is 6.20 Å². The minimum absolute atomic E-state index is 0.797. The van der Waals surface area contributed by atoms with Crippen molar-refractivity contribution in [1.29, 1.82) is 0 Å². The van der Waals surface area contributed by atoms with E-state index in [-0.39, 0.29) is 0 Å². The molecule has 0 bridgehead atoms. The first-order chi connectivity index (χ1) is 12.4. The van der Waals surface area contributed by atoms with E-state index in [9.17, 15) is 0 Å². The Labute approximate surface area is 145 Å². The predicted molar refractivity (Wildman–Crippen MR) is 102 cm³/mol. The number of hydrogen-bond donors (Lipinski definition) is 0. The summed E-state index contributed by atoms with van der Waals surface area (Å²) >= 11 is 0. The van der Waals surface area contributed by atoms with E-state index in [1.807, 2.05) is 6.07 Å². The highest BCUT2D eigenvalue weighted by Gasteiger charge is 2.15. The Morgan fingerprint density at radius 2 is 1.40 bits per heavy atom. The summed E-state index contributed by atoms with van der Waals surface area (Å²) in [7, 11) is 0. The van der Waals surface area contributed by atoms with Crippen LogP contribution >= 0.6 is 0 Å². The van der Waals surface area contributed by atoms with Gasteiger partial charge in [-0.05, 0) is 23.3 Å². The molecular formula is C22H17N3. The Morgan fingerprint density at radius 3 is 2.20 bits per heavy atom. The molecule has 0 aliphatic carbocycles. The highest BCUT2D eigenvalue weighted by molar-refractivity contribution is 5.81. The molecule has 5 rings (SSSR count). The smallest absolute Gasteiger partial charge is 0.215 e. The maximum atomic E-state index is 4.88. The van der Waals surface area contributed by atoms with E-state index >= 15 is 0 Å². The molecule has 0 saturated carbocycles. The van der Waals surface area contributed by atoms with Gasteiger partial charge in [0.05, 0.1) is 23.3 Å². The zero-order chi connectivity index (χ0) is 16.6. The molecule has 2 aromatic heterocycles. The number of nitrogens with zero attached hydrogens (tertiary/aromatic N) is 3. The van der Waals surface area contributed by atoms with E-state index in [0.717, 1.165) is 23.4 Å². The van der Waals surface area contributed by atoms with E-state index in [1.165, 1.54) is 16.8 Å². The summed E-state index contributed by atoms with van der Waals surface area (Å²) in [5.41, 5.74) is 5.82. The van der Waals surface area contributed by atoms with Gasteiger partial charge in [0.15, 0.2) is 0 Å². The Bertz CT molecular complexity index is 1150. The van der Waals surface area contributed by atoms with Crippen LogP contribution in [0, 0.1) is 0 Å². The van der Waals surface area contributed by atoms with Gasteiger partial charge in [0.1, 0.15) is 0 Å². The molecule has 5 aromatic rings. The minimum atomic E-state index is 0.797. The standard InChI is InChI=1S/C22H17N3/c1-3-9-17(10-4-1)15-24-21(18-11-5-2-6-12-18)16-25-20-14-8-7-13-19(20)23-22(24)25/h1-14,16H,15H2. The largest absolute Gasteiger partial charge is 0.305 e. The van der Waals surface area contributed by atoms with Crippen molar-refractivity contribution in [2.24, 2.45) is 0 Å². The fourth-order valence-electron chi connectivity index (χ4n) is 3.41. The lowest BCUT2D eigenvalue weighted by Gasteiger charge is -2.09. The van der Waals surface area contributed by atoms with Crippen molar-refractivity contribution in [2.75, 3.05) is 0 Å². The first-order valence-electron chi connectivity index (χ1n) is 8.46. The average Bonchev–Trinajstić information content (AvgIpc) is 3.20. The van der Waals surface area contributed by atoms with Crippen molar-refractivity contribution >= 4 is 16.8 Å². The van der Waals surface area contributed by atoms with E-state index in [2.05, 4.69) is 94.0 Å². The highest BCUT2D eigenvalue weighted by Crippen LogP contribution is 2.27. The Hall–Kier alpha value is -3.33. The first kappa shape index (κ1) is 14.1. The van der Waals surface area contributed by atoms with E-state index in [0.29, 0.717) is 0 Å². The molecule has 3 nitrogen and oxygen atoms in total. The maximum Gasteiger partial charge on any atom is 0.215 e. The van der Waals surface area contributed by atoms with Crippen LogP contribution in [0.4, 0.5) is 0 Å². The number of imidazole rings is 2. The number of aromatic nitrogens is 3. The van der Waals surface area contributed by atoms with E-state index in [4.69, 9.17) is 4.98 Å². The van der Waals surface area contributed by atoms with E-state index < -0.39 is 0 Å². The summed E-state index contributed by atoms with van der Waals surface area (Å²) in [4.78, 5) is 4.88. The third kappa shape index (κ3) is 2.32. The molecule has 0 spiro atoms. The quantitative estimate of drug-likeness (QED) is 0.458. The van der Waals surface area contributed by atoms with Gasteiger partial charge in [-0.1, -0.05) is 72.8 Å². The number of para-hydroxylation sites is 2. The lowest BCUT2D eigenvalue weighted by atomic mass is 10.1. The third-order valence-corrected chi connectivity index (χ3v) is 4.61. The summed E-state index contributed by atoms with van der Waals surface area (Å²) in [6, 6.07) is 29.3.